The summed E-state index contributed by atoms with van der Waals surface area (Å²) in [6.07, 6.45) is 5.24. The van der Waals surface area contributed by atoms with Gasteiger partial charge in [0.05, 0.1) is 7.11 Å². The zero-order valence-electron chi connectivity index (χ0n) is 10.5. The summed E-state index contributed by atoms with van der Waals surface area (Å²) >= 11 is 0. The van der Waals surface area contributed by atoms with Gasteiger partial charge in [0, 0.05) is 13.1 Å². The van der Waals surface area contributed by atoms with Crippen molar-refractivity contribution in [1.29, 1.82) is 0 Å². The first-order chi connectivity index (χ1) is 8.26. The molecule has 0 radical (unpaired) electrons. The van der Waals surface area contributed by atoms with Crippen LogP contribution in [0.4, 0.5) is 11.5 Å². The fourth-order valence-corrected chi connectivity index (χ4v) is 1.95. The Morgan fingerprint density at radius 1 is 1.47 bits per heavy atom. The van der Waals surface area contributed by atoms with E-state index in [0.29, 0.717) is 11.6 Å². The van der Waals surface area contributed by atoms with E-state index >= 15 is 0 Å². The standard InChI is InChI=1S/C12H20N4O/c1-3-6-16(7-9-4-5-9)11-10(13)12(17-2)15-8-14-11/h8-9H,3-7,13H2,1-2H3. The SMILES string of the molecule is CCCN(CC1CC1)c1ncnc(OC)c1N. The van der Waals surface area contributed by atoms with Crippen molar-refractivity contribution in [3.05, 3.63) is 6.33 Å². The number of anilines is 2. The number of nitrogen functional groups attached to an aromatic ring is 1. The van der Waals surface area contributed by atoms with E-state index in [1.54, 1.807) is 7.11 Å². The summed E-state index contributed by atoms with van der Waals surface area (Å²) in [5.41, 5.74) is 6.57. The zero-order valence-corrected chi connectivity index (χ0v) is 10.5. The Morgan fingerprint density at radius 3 is 2.82 bits per heavy atom. The van der Waals surface area contributed by atoms with Crippen LogP contribution in [0.2, 0.25) is 0 Å². The summed E-state index contributed by atoms with van der Waals surface area (Å²) in [7, 11) is 1.58. The fourth-order valence-electron chi connectivity index (χ4n) is 1.95. The van der Waals surface area contributed by atoms with Gasteiger partial charge in [-0.15, -0.1) is 0 Å². The van der Waals surface area contributed by atoms with Gasteiger partial charge >= 0.3 is 0 Å². The fraction of sp³-hybridized carbons (Fsp3) is 0.667. The average molecular weight is 236 g/mol. The first-order valence-electron chi connectivity index (χ1n) is 6.15. The van der Waals surface area contributed by atoms with Crippen molar-refractivity contribution in [1.82, 2.24) is 9.97 Å². The second kappa shape index (κ2) is 5.21. The van der Waals surface area contributed by atoms with Gasteiger partial charge in [-0.25, -0.2) is 4.98 Å². The number of nitrogens with two attached hydrogens (primary N) is 1. The molecule has 1 heterocycles. The molecule has 2 N–H and O–H groups in total. The third-order valence-electron chi connectivity index (χ3n) is 2.99. The average Bonchev–Trinajstić information content (AvgIpc) is 3.13. The summed E-state index contributed by atoms with van der Waals surface area (Å²) in [5.74, 6) is 2.08. The van der Waals surface area contributed by atoms with E-state index in [1.165, 1.54) is 19.2 Å². The molecule has 0 bridgehead atoms. The number of methoxy groups -OCH3 is 1. The summed E-state index contributed by atoms with van der Waals surface area (Å²) in [6.45, 7) is 4.17. The quantitative estimate of drug-likeness (QED) is 0.814. The molecule has 1 aliphatic rings. The molecule has 0 amide bonds. The van der Waals surface area contributed by atoms with E-state index in [1.807, 2.05) is 0 Å². The van der Waals surface area contributed by atoms with E-state index < -0.39 is 0 Å². The lowest BCUT2D eigenvalue weighted by Crippen LogP contribution is -2.28. The molecule has 0 saturated heterocycles. The normalized spacial score (nSPS) is 14.7. The molecule has 1 aliphatic carbocycles. The lowest BCUT2D eigenvalue weighted by Gasteiger charge is -2.24. The number of ether oxygens (including phenoxy) is 1. The third-order valence-corrected chi connectivity index (χ3v) is 2.99. The van der Waals surface area contributed by atoms with Gasteiger partial charge in [-0.2, -0.15) is 4.98 Å². The van der Waals surface area contributed by atoms with Crippen LogP contribution in [-0.2, 0) is 0 Å². The highest BCUT2D eigenvalue weighted by Crippen LogP contribution is 2.34. The van der Waals surface area contributed by atoms with E-state index in [0.717, 1.165) is 31.2 Å². The minimum Gasteiger partial charge on any atom is -0.479 e. The minimum atomic E-state index is 0.465. The lowest BCUT2D eigenvalue weighted by atomic mass is 10.3. The van der Waals surface area contributed by atoms with Crippen LogP contribution >= 0.6 is 0 Å². The van der Waals surface area contributed by atoms with Crippen molar-refractivity contribution in [2.45, 2.75) is 26.2 Å². The third kappa shape index (κ3) is 2.78. The second-order valence-electron chi connectivity index (χ2n) is 4.51. The van der Waals surface area contributed by atoms with Gasteiger partial charge in [0.1, 0.15) is 12.0 Å². The predicted molar refractivity (Wildman–Crippen MR) is 68.2 cm³/mol. The van der Waals surface area contributed by atoms with Crippen molar-refractivity contribution in [2.75, 3.05) is 30.8 Å². The zero-order chi connectivity index (χ0) is 12.3. The van der Waals surface area contributed by atoms with Crippen molar-refractivity contribution in [3.63, 3.8) is 0 Å². The predicted octanol–water partition coefficient (Wildman–Crippen LogP) is 1.69. The van der Waals surface area contributed by atoms with Gasteiger partial charge in [0.25, 0.3) is 0 Å². The van der Waals surface area contributed by atoms with E-state index in [4.69, 9.17) is 10.5 Å². The number of aromatic nitrogens is 2. The molecule has 0 aromatic carbocycles. The van der Waals surface area contributed by atoms with Gasteiger partial charge in [-0.05, 0) is 25.2 Å². The largest absolute Gasteiger partial charge is 0.479 e. The summed E-state index contributed by atoms with van der Waals surface area (Å²) in [6, 6.07) is 0. The van der Waals surface area contributed by atoms with Crippen LogP contribution in [0.3, 0.4) is 0 Å². The molecule has 1 aromatic heterocycles. The van der Waals surface area contributed by atoms with Crippen molar-refractivity contribution in [3.8, 4) is 5.88 Å². The molecule has 0 aliphatic heterocycles. The summed E-state index contributed by atoms with van der Waals surface area (Å²) in [5, 5.41) is 0. The van der Waals surface area contributed by atoms with Crippen LogP contribution in [0.25, 0.3) is 0 Å². The topological polar surface area (TPSA) is 64.3 Å². The Kier molecular flexibility index (Phi) is 3.66. The molecular formula is C12H20N4O. The highest BCUT2D eigenvalue weighted by Gasteiger charge is 2.26. The molecule has 94 valence electrons. The van der Waals surface area contributed by atoms with Crippen LogP contribution < -0.4 is 15.4 Å². The molecule has 1 aromatic rings. The van der Waals surface area contributed by atoms with Gasteiger partial charge in [-0.3, -0.25) is 0 Å². The van der Waals surface area contributed by atoms with Gasteiger partial charge < -0.3 is 15.4 Å². The maximum Gasteiger partial charge on any atom is 0.242 e. The first-order valence-corrected chi connectivity index (χ1v) is 6.15. The Bertz CT molecular complexity index is 379. The Labute approximate surface area is 102 Å². The molecule has 1 fully saturated rings. The van der Waals surface area contributed by atoms with Gasteiger partial charge in [0.2, 0.25) is 5.88 Å². The van der Waals surface area contributed by atoms with E-state index in [-0.39, 0.29) is 0 Å². The van der Waals surface area contributed by atoms with Crippen LogP contribution in [0, 0.1) is 5.92 Å². The molecule has 17 heavy (non-hydrogen) atoms. The molecule has 0 atom stereocenters. The van der Waals surface area contributed by atoms with E-state index in [9.17, 15) is 0 Å². The van der Waals surface area contributed by atoms with Crippen molar-refractivity contribution in [2.24, 2.45) is 5.92 Å². The number of hydrogen-bond acceptors (Lipinski definition) is 5. The number of nitrogens with zero attached hydrogens (tertiary/aromatic N) is 3. The maximum absolute atomic E-state index is 6.03. The summed E-state index contributed by atoms with van der Waals surface area (Å²) < 4.78 is 5.13. The van der Waals surface area contributed by atoms with E-state index in [2.05, 4.69) is 21.8 Å². The Hall–Kier alpha value is -1.52. The molecule has 0 spiro atoms. The minimum absolute atomic E-state index is 0.465. The lowest BCUT2D eigenvalue weighted by molar-refractivity contribution is 0.399. The molecular weight excluding hydrogens is 216 g/mol. The van der Waals surface area contributed by atoms with Crippen molar-refractivity contribution < 1.29 is 4.74 Å². The molecule has 2 rings (SSSR count). The first kappa shape index (κ1) is 12.0. The summed E-state index contributed by atoms with van der Waals surface area (Å²) in [4.78, 5) is 10.6. The monoisotopic (exact) mass is 236 g/mol. The van der Waals surface area contributed by atoms with Crippen LogP contribution in [-0.4, -0.2) is 30.2 Å². The van der Waals surface area contributed by atoms with Crippen LogP contribution in [0.15, 0.2) is 6.33 Å². The number of rotatable bonds is 6. The molecule has 5 nitrogen and oxygen atoms in total. The Morgan fingerprint density at radius 2 is 2.24 bits per heavy atom. The Balaban J connectivity index is 2.20. The number of hydrogen-bond donors (Lipinski definition) is 1. The van der Waals surface area contributed by atoms with Crippen molar-refractivity contribution >= 4 is 11.5 Å². The highest BCUT2D eigenvalue weighted by atomic mass is 16.5. The van der Waals surface area contributed by atoms with Crippen LogP contribution in [0.1, 0.15) is 26.2 Å². The van der Waals surface area contributed by atoms with Crippen LogP contribution in [0.5, 0.6) is 5.88 Å². The maximum atomic E-state index is 6.03. The van der Waals surface area contributed by atoms with Gasteiger partial charge in [0.15, 0.2) is 5.82 Å². The molecule has 0 unspecified atom stereocenters. The molecule has 1 saturated carbocycles. The molecule has 5 heteroatoms. The highest BCUT2D eigenvalue weighted by molar-refractivity contribution is 5.67. The second-order valence-corrected chi connectivity index (χ2v) is 4.51. The smallest absolute Gasteiger partial charge is 0.242 e. The van der Waals surface area contributed by atoms with Gasteiger partial charge in [-0.1, -0.05) is 6.92 Å².